The third-order valence-corrected chi connectivity index (χ3v) is 5.14. The molecule has 1 aliphatic rings. The van der Waals surface area contributed by atoms with Crippen molar-refractivity contribution in [3.05, 3.63) is 35.9 Å². The number of rotatable bonds is 2. The van der Waals surface area contributed by atoms with Crippen LogP contribution in [0.15, 0.2) is 30.3 Å². The number of hydrogen-bond acceptors (Lipinski definition) is 1. The molecule has 0 aromatic heterocycles. The van der Waals surface area contributed by atoms with E-state index in [9.17, 15) is 4.79 Å². The molecule has 98 valence electrons. The maximum atomic E-state index is 12.6. The van der Waals surface area contributed by atoms with Gasteiger partial charge in [-0.15, -0.1) is 23.2 Å². The highest BCUT2D eigenvalue weighted by Crippen LogP contribution is 2.50. The van der Waals surface area contributed by atoms with Crippen LogP contribution in [-0.2, 0) is 4.79 Å². The molecular weight excluding hydrogens is 267 g/mol. The molecule has 0 bridgehead atoms. The van der Waals surface area contributed by atoms with Crippen LogP contribution in [0.5, 0.6) is 0 Å². The molecule has 1 aliphatic carbocycles. The van der Waals surface area contributed by atoms with Crippen LogP contribution in [-0.4, -0.2) is 10.7 Å². The Kier molecular flexibility index (Phi) is 3.75. The minimum absolute atomic E-state index is 0.0757. The number of Topliss-reactive ketones (excluding diaryl/α,β-unsaturated/α-hetero) is 1. The molecule has 3 heteroatoms. The van der Waals surface area contributed by atoms with Gasteiger partial charge in [0.15, 0.2) is 5.78 Å². The van der Waals surface area contributed by atoms with Gasteiger partial charge in [0.2, 0.25) is 0 Å². The standard InChI is InChI=1S/C15H18Cl2O/c1-14(2)9-6-10-15(17,13(14)18)12(16)11-7-4-3-5-8-11/h3-5,7-8,12H,6,9-10H2,1-2H3. The van der Waals surface area contributed by atoms with Crippen LogP contribution in [0.25, 0.3) is 0 Å². The molecule has 0 radical (unpaired) electrons. The molecule has 1 aromatic rings. The molecule has 0 heterocycles. The molecule has 1 aromatic carbocycles. The molecule has 1 nitrogen and oxygen atoms in total. The second-order valence-electron chi connectivity index (χ2n) is 5.70. The fourth-order valence-electron chi connectivity index (χ4n) is 2.71. The van der Waals surface area contributed by atoms with E-state index in [1.165, 1.54) is 0 Å². The lowest BCUT2D eigenvalue weighted by atomic mass is 9.68. The van der Waals surface area contributed by atoms with Gasteiger partial charge in [0.25, 0.3) is 0 Å². The largest absolute Gasteiger partial charge is 0.297 e. The molecule has 2 atom stereocenters. The summed E-state index contributed by atoms with van der Waals surface area (Å²) in [6.07, 6.45) is 2.48. The fourth-order valence-corrected chi connectivity index (χ4v) is 3.57. The van der Waals surface area contributed by atoms with Crippen molar-refractivity contribution in [2.75, 3.05) is 0 Å². The number of halogens is 2. The van der Waals surface area contributed by atoms with Crippen LogP contribution in [0, 0.1) is 5.41 Å². The summed E-state index contributed by atoms with van der Waals surface area (Å²) in [5, 5.41) is -0.465. The van der Waals surface area contributed by atoms with Crippen molar-refractivity contribution < 1.29 is 4.79 Å². The average molecular weight is 285 g/mol. The zero-order chi connectivity index (χ0) is 13.4. The molecule has 2 rings (SSSR count). The first-order chi connectivity index (χ1) is 8.38. The Morgan fingerprint density at radius 2 is 1.78 bits per heavy atom. The van der Waals surface area contributed by atoms with Gasteiger partial charge in [-0.05, 0) is 18.4 Å². The molecule has 0 saturated heterocycles. The van der Waals surface area contributed by atoms with Gasteiger partial charge in [-0.25, -0.2) is 0 Å². The maximum absolute atomic E-state index is 12.6. The highest BCUT2D eigenvalue weighted by molar-refractivity contribution is 6.42. The molecule has 0 spiro atoms. The molecule has 18 heavy (non-hydrogen) atoms. The minimum Gasteiger partial charge on any atom is -0.297 e. The van der Waals surface area contributed by atoms with Crippen molar-refractivity contribution in [1.82, 2.24) is 0 Å². The molecule has 0 aliphatic heterocycles. The highest BCUT2D eigenvalue weighted by Gasteiger charge is 2.51. The van der Waals surface area contributed by atoms with Crippen LogP contribution in [0.2, 0.25) is 0 Å². The fraction of sp³-hybridized carbons (Fsp3) is 0.533. The Morgan fingerprint density at radius 1 is 1.17 bits per heavy atom. The van der Waals surface area contributed by atoms with Crippen LogP contribution in [0.1, 0.15) is 44.1 Å². The van der Waals surface area contributed by atoms with Crippen molar-refractivity contribution in [2.45, 2.75) is 43.4 Å². The number of hydrogen-bond donors (Lipinski definition) is 0. The number of alkyl halides is 2. The van der Waals surface area contributed by atoms with Gasteiger partial charge < -0.3 is 0 Å². The second kappa shape index (κ2) is 4.86. The van der Waals surface area contributed by atoms with Crippen LogP contribution in [0.3, 0.4) is 0 Å². The smallest absolute Gasteiger partial charge is 0.161 e. The highest BCUT2D eigenvalue weighted by atomic mass is 35.5. The zero-order valence-electron chi connectivity index (χ0n) is 10.7. The van der Waals surface area contributed by atoms with Crippen molar-refractivity contribution in [2.24, 2.45) is 5.41 Å². The SMILES string of the molecule is CC1(C)CCCC(Cl)(C(Cl)c2ccccc2)C1=O. The van der Waals surface area contributed by atoms with Gasteiger partial charge in [-0.2, -0.15) is 0 Å². The van der Waals surface area contributed by atoms with Gasteiger partial charge in [-0.3, -0.25) is 4.79 Å². The third-order valence-electron chi connectivity index (χ3n) is 3.83. The Hall–Kier alpha value is -0.530. The Morgan fingerprint density at radius 3 is 2.39 bits per heavy atom. The number of ketones is 1. The van der Waals surface area contributed by atoms with Gasteiger partial charge in [0.05, 0.1) is 5.38 Å². The summed E-state index contributed by atoms with van der Waals surface area (Å²) >= 11 is 13.1. The molecule has 1 fully saturated rings. The first-order valence-corrected chi connectivity index (χ1v) is 7.12. The van der Waals surface area contributed by atoms with Crippen molar-refractivity contribution in [3.8, 4) is 0 Å². The summed E-state index contributed by atoms with van der Waals surface area (Å²) in [6.45, 7) is 3.92. The average Bonchev–Trinajstić information content (AvgIpc) is 2.36. The summed E-state index contributed by atoms with van der Waals surface area (Å²) in [7, 11) is 0. The monoisotopic (exact) mass is 284 g/mol. The summed E-state index contributed by atoms with van der Waals surface area (Å²) in [5.41, 5.74) is 0.544. The van der Waals surface area contributed by atoms with Crippen LogP contribution >= 0.6 is 23.2 Å². The van der Waals surface area contributed by atoms with E-state index in [1.54, 1.807) is 0 Å². The quantitative estimate of drug-likeness (QED) is 0.718. The summed E-state index contributed by atoms with van der Waals surface area (Å²) in [5.74, 6) is 0.0757. The van der Waals surface area contributed by atoms with Crippen molar-refractivity contribution in [1.29, 1.82) is 0 Å². The van der Waals surface area contributed by atoms with E-state index in [0.29, 0.717) is 6.42 Å². The van der Waals surface area contributed by atoms with Gasteiger partial charge in [0.1, 0.15) is 4.87 Å². The summed E-state index contributed by atoms with van der Waals surface area (Å²) < 4.78 is 0. The van der Waals surface area contributed by atoms with Crippen molar-refractivity contribution >= 4 is 29.0 Å². The van der Waals surface area contributed by atoms with E-state index in [1.807, 2.05) is 44.2 Å². The lowest BCUT2D eigenvalue weighted by Gasteiger charge is -2.41. The number of carbonyl (C=O) groups excluding carboxylic acids is 1. The van der Waals surface area contributed by atoms with Gasteiger partial charge in [-0.1, -0.05) is 50.6 Å². The van der Waals surface area contributed by atoms with E-state index in [2.05, 4.69) is 0 Å². The topological polar surface area (TPSA) is 17.1 Å². The molecular formula is C15H18Cl2O. The lowest BCUT2D eigenvalue weighted by Crippen LogP contribution is -2.48. The second-order valence-corrected chi connectivity index (χ2v) is 6.81. The number of carbonyl (C=O) groups is 1. The first kappa shape index (κ1) is 13.9. The normalized spacial score (nSPS) is 29.0. The minimum atomic E-state index is -0.968. The maximum Gasteiger partial charge on any atom is 0.161 e. The molecule has 0 N–H and O–H groups in total. The molecule has 2 unspecified atom stereocenters. The lowest BCUT2D eigenvalue weighted by molar-refractivity contribution is -0.132. The van der Waals surface area contributed by atoms with E-state index in [-0.39, 0.29) is 11.2 Å². The molecule has 0 amide bonds. The van der Waals surface area contributed by atoms with Crippen molar-refractivity contribution in [3.63, 3.8) is 0 Å². The van der Waals surface area contributed by atoms with Gasteiger partial charge >= 0.3 is 0 Å². The predicted molar refractivity (Wildman–Crippen MR) is 76.3 cm³/mol. The van der Waals surface area contributed by atoms with E-state index < -0.39 is 10.3 Å². The Balaban J connectivity index is 2.33. The molecule has 1 saturated carbocycles. The van der Waals surface area contributed by atoms with E-state index in [4.69, 9.17) is 23.2 Å². The van der Waals surface area contributed by atoms with E-state index >= 15 is 0 Å². The van der Waals surface area contributed by atoms with E-state index in [0.717, 1.165) is 18.4 Å². The zero-order valence-corrected chi connectivity index (χ0v) is 12.3. The van der Waals surface area contributed by atoms with Gasteiger partial charge in [0, 0.05) is 5.41 Å². The predicted octanol–water partition coefficient (Wildman–Crippen LogP) is 4.72. The summed E-state index contributed by atoms with van der Waals surface area (Å²) in [4.78, 5) is 11.6. The Labute approximate surface area is 118 Å². The first-order valence-electron chi connectivity index (χ1n) is 6.31. The third kappa shape index (κ3) is 2.31. The Bertz CT molecular complexity index is 441. The van der Waals surface area contributed by atoms with Crippen LogP contribution in [0.4, 0.5) is 0 Å². The summed E-state index contributed by atoms with van der Waals surface area (Å²) in [6, 6.07) is 9.63. The number of benzene rings is 1. The van der Waals surface area contributed by atoms with Crippen LogP contribution < -0.4 is 0 Å².